The number of rotatable bonds is 4. The summed E-state index contributed by atoms with van der Waals surface area (Å²) in [4.78, 5) is 1.30. The molecular weight excluding hydrogens is 274 g/mol. The Kier molecular flexibility index (Phi) is 4.07. The predicted molar refractivity (Wildman–Crippen MR) is 93.0 cm³/mol. The smallest absolute Gasteiger partial charge is 0.0430 e. The Morgan fingerprint density at radius 2 is 1.76 bits per heavy atom. The summed E-state index contributed by atoms with van der Waals surface area (Å²) in [6.45, 7) is 5.21. The van der Waals surface area contributed by atoms with Crippen molar-refractivity contribution in [2.45, 2.75) is 20.4 Å². The zero-order valence-electron chi connectivity index (χ0n) is 12.4. The van der Waals surface area contributed by atoms with Crippen molar-refractivity contribution in [1.82, 2.24) is 0 Å². The first-order chi connectivity index (χ1) is 10.3. The minimum atomic E-state index is 0.857. The average Bonchev–Trinajstić information content (AvgIpc) is 3.03. The van der Waals surface area contributed by atoms with E-state index in [-0.39, 0.29) is 0 Å². The molecule has 0 bridgehead atoms. The number of aryl methyl sites for hydroxylation is 1. The quantitative estimate of drug-likeness (QED) is 0.656. The monoisotopic (exact) mass is 293 g/mol. The third-order valence-electron chi connectivity index (χ3n) is 3.90. The van der Waals surface area contributed by atoms with Gasteiger partial charge in [-0.3, -0.25) is 0 Å². The van der Waals surface area contributed by atoms with Crippen molar-refractivity contribution < 1.29 is 0 Å². The molecular formula is C19H19NS. The van der Waals surface area contributed by atoms with E-state index in [1.54, 1.807) is 11.3 Å². The Morgan fingerprint density at radius 1 is 0.905 bits per heavy atom. The van der Waals surface area contributed by atoms with E-state index in [1.165, 1.54) is 32.8 Å². The Hall–Kier alpha value is -2.06. The fraction of sp³-hybridized carbons (Fsp3) is 0.158. The average molecular weight is 293 g/mol. The minimum absolute atomic E-state index is 0.857. The van der Waals surface area contributed by atoms with Gasteiger partial charge in [0.15, 0.2) is 0 Å². The van der Waals surface area contributed by atoms with Gasteiger partial charge in [-0.25, -0.2) is 0 Å². The van der Waals surface area contributed by atoms with Gasteiger partial charge in [-0.1, -0.05) is 42.5 Å². The maximum Gasteiger partial charge on any atom is 0.0430 e. The van der Waals surface area contributed by atoms with Crippen LogP contribution < -0.4 is 5.32 Å². The third kappa shape index (κ3) is 3.01. The van der Waals surface area contributed by atoms with Crippen LogP contribution in [0.1, 0.15) is 16.7 Å². The second kappa shape index (κ2) is 6.15. The summed E-state index contributed by atoms with van der Waals surface area (Å²) in [6.07, 6.45) is 0. The van der Waals surface area contributed by atoms with E-state index in [1.807, 2.05) is 0 Å². The Bertz CT molecular complexity index is 729. The molecule has 1 nitrogen and oxygen atoms in total. The lowest BCUT2D eigenvalue weighted by molar-refractivity contribution is 1.10. The van der Waals surface area contributed by atoms with Crippen LogP contribution in [-0.2, 0) is 6.54 Å². The highest BCUT2D eigenvalue weighted by molar-refractivity contribution is 7.13. The fourth-order valence-electron chi connectivity index (χ4n) is 2.48. The molecule has 0 fully saturated rings. The van der Waals surface area contributed by atoms with Crippen LogP contribution in [0.25, 0.3) is 10.4 Å². The number of para-hydroxylation sites is 1. The number of hydrogen-bond donors (Lipinski definition) is 1. The molecule has 21 heavy (non-hydrogen) atoms. The van der Waals surface area contributed by atoms with Crippen molar-refractivity contribution >= 4 is 17.0 Å². The Balaban J connectivity index is 1.85. The summed E-state index contributed by atoms with van der Waals surface area (Å²) >= 11 is 1.78. The fourth-order valence-corrected chi connectivity index (χ4v) is 3.24. The van der Waals surface area contributed by atoms with Gasteiger partial charge in [0.05, 0.1) is 0 Å². The predicted octanol–water partition coefficient (Wildman–Crippen LogP) is 5.64. The number of nitrogens with one attached hydrogen (secondary N) is 1. The summed E-state index contributed by atoms with van der Waals surface area (Å²) in [5.74, 6) is 0. The first-order valence-electron chi connectivity index (χ1n) is 7.17. The molecule has 1 heterocycles. The summed E-state index contributed by atoms with van der Waals surface area (Å²) in [5.41, 5.74) is 6.55. The van der Waals surface area contributed by atoms with Gasteiger partial charge in [-0.2, -0.15) is 0 Å². The molecule has 0 unspecified atom stereocenters. The van der Waals surface area contributed by atoms with E-state index in [4.69, 9.17) is 0 Å². The van der Waals surface area contributed by atoms with Gasteiger partial charge in [-0.15, -0.1) is 11.3 Å². The Labute approximate surface area is 130 Å². The van der Waals surface area contributed by atoms with E-state index in [9.17, 15) is 0 Å². The molecule has 0 atom stereocenters. The van der Waals surface area contributed by atoms with Crippen LogP contribution >= 0.6 is 11.3 Å². The van der Waals surface area contributed by atoms with Crippen molar-refractivity contribution in [2.75, 3.05) is 5.32 Å². The molecule has 3 aromatic rings. The summed E-state index contributed by atoms with van der Waals surface area (Å²) in [5, 5.41) is 5.71. The molecule has 1 N–H and O–H groups in total. The minimum Gasteiger partial charge on any atom is -0.380 e. The van der Waals surface area contributed by atoms with Crippen molar-refractivity contribution in [1.29, 1.82) is 0 Å². The second-order valence-corrected chi connectivity index (χ2v) is 6.18. The van der Waals surface area contributed by atoms with Gasteiger partial charge in [0.25, 0.3) is 0 Å². The van der Waals surface area contributed by atoms with Crippen LogP contribution in [0.2, 0.25) is 0 Å². The zero-order valence-corrected chi connectivity index (χ0v) is 13.2. The zero-order chi connectivity index (χ0) is 14.7. The number of thiophene rings is 1. The highest BCUT2D eigenvalue weighted by atomic mass is 32.1. The number of hydrogen-bond acceptors (Lipinski definition) is 2. The standard InChI is InChI=1S/C19H19NS/c1-14-7-5-8-16(15(14)2)13-20-18-10-4-3-9-17(18)19-11-6-12-21-19/h3-12,20H,13H2,1-2H3. The molecule has 0 spiro atoms. The van der Waals surface area contributed by atoms with E-state index in [0.717, 1.165) is 6.54 Å². The van der Waals surface area contributed by atoms with Crippen LogP contribution in [0.4, 0.5) is 5.69 Å². The molecule has 106 valence electrons. The largest absolute Gasteiger partial charge is 0.380 e. The molecule has 0 aliphatic carbocycles. The van der Waals surface area contributed by atoms with E-state index < -0.39 is 0 Å². The van der Waals surface area contributed by atoms with Gasteiger partial charge in [0.2, 0.25) is 0 Å². The van der Waals surface area contributed by atoms with E-state index in [0.29, 0.717) is 0 Å². The molecule has 3 rings (SSSR count). The van der Waals surface area contributed by atoms with Gasteiger partial charge < -0.3 is 5.32 Å². The maximum atomic E-state index is 3.59. The van der Waals surface area contributed by atoms with Gasteiger partial charge >= 0.3 is 0 Å². The van der Waals surface area contributed by atoms with Crippen molar-refractivity contribution in [3.8, 4) is 10.4 Å². The lowest BCUT2D eigenvalue weighted by Gasteiger charge is -2.13. The van der Waals surface area contributed by atoms with Gasteiger partial charge in [-0.05, 0) is 48.1 Å². The third-order valence-corrected chi connectivity index (χ3v) is 4.80. The second-order valence-electron chi connectivity index (χ2n) is 5.24. The lowest BCUT2D eigenvalue weighted by atomic mass is 10.0. The maximum absolute atomic E-state index is 3.59. The molecule has 0 amide bonds. The lowest BCUT2D eigenvalue weighted by Crippen LogP contribution is -2.03. The molecule has 0 radical (unpaired) electrons. The molecule has 2 heteroatoms. The number of benzene rings is 2. The topological polar surface area (TPSA) is 12.0 Å². The molecule has 2 aromatic carbocycles. The first kappa shape index (κ1) is 13.9. The van der Waals surface area contributed by atoms with Gasteiger partial charge in [0.1, 0.15) is 0 Å². The van der Waals surface area contributed by atoms with Crippen LogP contribution in [0.5, 0.6) is 0 Å². The van der Waals surface area contributed by atoms with E-state index in [2.05, 4.69) is 79.1 Å². The highest BCUT2D eigenvalue weighted by Crippen LogP contribution is 2.31. The van der Waals surface area contributed by atoms with Crippen LogP contribution in [0.3, 0.4) is 0 Å². The normalized spacial score (nSPS) is 10.6. The van der Waals surface area contributed by atoms with Crippen molar-refractivity contribution in [2.24, 2.45) is 0 Å². The molecule has 0 saturated carbocycles. The van der Waals surface area contributed by atoms with Crippen LogP contribution in [0.15, 0.2) is 60.0 Å². The van der Waals surface area contributed by atoms with Crippen molar-refractivity contribution in [3.63, 3.8) is 0 Å². The summed E-state index contributed by atoms with van der Waals surface area (Å²) < 4.78 is 0. The van der Waals surface area contributed by atoms with Crippen LogP contribution in [-0.4, -0.2) is 0 Å². The Morgan fingerprint density at radius 3 is 2.57 bits per heavy atom. The highest BCUT2D eigenvalue weighted by Gasteiger charge is 2.06. The summed E-state index contributed by atoms with van der Waals surface area (Å²) in [6, 6.07) is 19.3. The van der Waals surface area contributed by atoms with Crippen LogP contribution in [0, 0.1) is 13.8 Å². The number of anilines is 1. The first-order valence-corrected chi connectivity index (χ1v) is 8.05. The molecule has 0 aliphatic heterocycles. The molecule has 1 aromatic heterocycles. The van der Waals surface area contributed by atoms with E-state index >= 15 is 0 Å². The molecule has 0 saturated heterocycles. The summed E-state index contributed by atoms with van der Waals surface area (Å²) in [7, 11) is 0. The molecule has 0 aliphatic rings. The SMILES string of the molecule is Cc1cccc(CNc2ccccc2-c2cccs2)c1C. The van der Waals surface area contributed by atoms with Gasteiger partial charge in [0, 0.05) is 22.7 Å². The van der Waals surface area contributed by atoms with Crippen molar-refractivity contribution in [3.05, 3.63) is 76.7 Å².